The topological polar surface area (TPSA) is 32.3 Å². The lowest BCUT2D eigenvalue weighted by molar-refractivity contribution is 0.167. The van der Waals surface area contributed by atoms with E-state index in [9.17, 15) is 13.9 Å². The largest absolute Gasteiger partial charge is 0.387 e. The van der Waals surface area contributed by atoms with E-state index in [1.165, 1.54) is 31.4 Å². The van der Waals surface area contributed by atoms with Crippen molar-refractivity contribution in [1.82, 2.24) is 5.32 Å². The van der Waals surface area contributed by atoms with Crippen LogP contribution in [0.1, 0.15) is 44.3 Å². The summed E-state index contributed by atoms with van der Waals surface area (Å²) in [5.74, 6) is -1.31. The normalized spacial score (nSPS) is 18.3. The van der Waals surface area contributed by atoms with Crippen LogP contribution in [-0.2, 0) is 0 Å². The molecule has 1 aromatic rings. The van der Waals surface area contributed by atoms with Gasteiger partial charge in [-0.25, -0.2) is 8.78 Å². The fourth-order valence-corrected chi connectivity index (χ4v) is 2.58. The Morgan fingerprint density at radius 1 is 1.37 bits per heavy atom. The molecule has 2 nitrogen and oxygen atoms in total. The van der Waals surface area contributed by atoms with Crippen molar-refractivity contribution in [3.05, 3.63) is 35.4 Å². The molecule has 0 aliphatic heterocycles. The van der Waals surface area contributed by atoms with Crippen LogP contribution in [-0.4, -0.2) is 18.2 Å². The zero-order valence-corrected chi connectivity index (χ0v) is 11.3. The zero-order valence-electron chi connectivity index (χ0n) is 11.3. The maximum atomic E-state index is 13.5. The molecule has 1 aromatic carbocycles. The summed E-state index contributed by atoms with van der Waals surface area (Å²) in [6.07, 6.45) is 3.89. The lowest BCUT2D eigenvalue weighted by atomic mass is 10.0. The quantitative estimate of drug-likeness (QED) is 0.797. The third-order valence-electron chi connectivity index (χ3n) is 3.90. The van der Waals surface area contributed by atoms with Gasteiger partial charge in [0.25, 0.3) is 0 Å². The maximum Gasteiger partial charge on any atom is 0.131 e. The van der Waals surface area contributed by atoms with Crippen LogP contribution in [0.25, 0.3) is 0 Å². The molecular formula is C15H21F2NO. The van der Waals surface area contributed by atoms with Crippen molar-refractivity contribution in [1.29, 1.82) is 0 Å². The highest BCUT2D eigenvalue weighted by atomic mass is 19.1. The third kappa shape index (κ3) is 3.74. The molecule has 1 unspecified atom stereocenters. The van der Waals surface area contributed by atoms with Crippen LogP contribution in [0.5, 0.6) is 0 Å². The molecule has 4 heteroatoms. The number of rotatable bonds is 7. The predicted molar refractivity (Wildman–Crippen MR) is 70.8 cm³/mol. The van der Waals surface area contributed by atoms with E-state index in [0.29, 0.717) is 12.0 Å². The summed E-state index contributed by atoms with van der Waals surface area (Å²) in [6.45, 7) is 3.33. The number of benzene rings is 1. The molecule has 1 atom stereocenters. The smallest absolute Gasteiger partial charge is 0.131 e. The minimum absolute atomic E-state index is 0.147. The Balaban J connectivity index is 1.82. The van der Waals surface area contributed by atoms with E-state index >= 15 is 0 Å². The van der Waals surface area contributed by atoms with Crippen molar-refractivity contribution in [3.63, 3.8) is 0 Å². The molecule has 0 bridgehead atoms. The average molecular weight is 269 g/mol. The first-order valence-electron chi connectivity index (χ1n) is 6.90. The zero-order chi connectivity index (χ0) is 13.9. The van der Waals surface area contributed by atoms with E-state index in [-0.39, 0.29) is 5.56 Å². The summed E-state index contributed by atoms with van der Waals surface area (Å²) in [4.78, 5) is 0. The number of halogens is 2. The highest BCUT2D eigenvalue weighted by Crippen LogP contribution is 2.48. The van der Waals surface area contributed by atoms with Gasteiger partial charge in [0, 0.05) is 24.7 Å². The number of aliphatic hydroxyl groups is 1. The molecule has 1 saturated carbocycles. The SMILES string of the molecule is CCCC1(CNCC(O)c2ccc(F)cc2F)CC1. The molecule has 0 aromatic heterocycles. The Bertz CT molecular complexity index is 432. The van der Waals surface area contributed by atoms with Crippen molar-refractivity contribution in [2.75, 3.05) is 13.1 Å². The molecule has 1 aliphatic rings. The number of nitrogens with one attached hydrogen (secondary N) is 1. The second-order valence-corrected chi connectivity index (χ2v) is 5.56. The Hall–Kier alpha value is -1.00. The first-order chi connectivity index (χ1) is 9.06. The van der Waals surface area contributed by atoms with E-state index in [0.717, 1.165) is 19.0 Å². The van der Waals surface area contributed by atoms with Crippen LogP contribution in [0.2, 0.25) is 0 Å². The summed E-state index contributed by atoms with van der Waals surface area (Å²) < 4.78 is 26.2. The molecule has 1 aliphatic carbocycles. The summed E-state index contributed by atoms with van der Waals surface area (Å²) in [6, 6.07) is 3.27. The van der Waals surface area contributed by atoms with Crippen molar-refractivity contribution in [2.45, 2.75) is 38.7 Å². The molecule has 1 fully saturated rings. The second-order valence-electron chi connectivity index (χ2n) is 5.56. The predicted octanol–water partition coefficient (Wildman–Crippen LogP) is 3.17. The number of hydrogen-bond acceptors (Lipinski definition) is 2. The molecule has 0 heterocycles. The Morgan fingerprint density at radius 2 is 2.11 bits per heavy atom. The molecular weight excluding hydrogens is 248 g/mol. The average Bonchev–Trinajstić information content (AvgIpc) is 3.09. The fraction of sp³-hybridized carbons (Fsp3) is 0.600. The van der Waals surface area contributed by atoms with Gasteiger partial charge in [-0.15, -0.1) is 0 Å². The summed E-state index contributed by atoms with van der Waals surface area (Å²) >= 11 is 0. The lowest BCUT2D eigenvalue weighted by Crippen LogP contribution is -2.28. The second kappa shape index (κ2) is 5.97. The van der Waals surface area contributed by atoms with Crippen molar-refractivity contribution in [2.24, 2.45) is 5.41 Å². The van der Waals surface area contributed by atoms with Gasteiger partial charge in [-0.1, -0.05) is 19.4 Å². The Labute approximate surface area is 112 Å². The van der Waals surface area contributed by atoms with Crippen LogP contribution >= 0.6 is 0 Å². The summed E-state index contributed by atoms with van der Waals surface area (Å²) in [5, 5.41) is 13.1. The molecule has 2 rings (SSSR count). The van der Waals surface area contributed by atoms with Gasteiger partial charge in [0.2, 0.25) is 0 Å². The summed E-state index contributed by atoms with van der Waals surface area (Å²) in [5.41, 5.74) is 0.546. The van der Waals surface area contributed by atoms with Gasteiger partial charge in [0.1, 0.15) is 11.6 Å². The first kappa shape index (κ1) is 14.4. The van der Waals surface area contributed by atoms with Gasteiger partial charge in [-0.3, -0.25) is 0 Å². The van der Waals surface area contributed by atoms with E-state index in [2.05, 4.69) is 12.2 Å². The van der Waals surface area contributed by atoms with E-state index in [1.54, 1.807) is 0 Å². The molecule has 0 saturated heterocycles. The summed E-state index contributed by atoms with van der Waals surface area (Å²) in [7, 11) is 0. The fourth-order valence-electron chi connectivity index (χ4n) is 2.58. The van der Waals surface area contributed by atoms with Crippen LogP contribution < -0.4 is 5.32 Å². The maximum absolute atomic E-state index is 13.5. The lowest BCUT2D eigenvalue weighted by Gasteiger charge is -2.17. The van der Waals surface area contributed by atoms with E-state index in [4.69, 9.17) is 0 Å². The molecule has 19 heavy (non-hydrogen) atoms. The van der Waals surface area contributed by atoms with Gasteiger partial charge in [-0.2, -0.15) is 0 Å². The van der Waals surface area contributed by atoms with Crippen LogP contribution in [0.3, 0.4) is 0 Å². The van der Waals surface area contributed by atoms with Gasteiger partial charge in [-0.05, 0) is 30.7 Å². The van der Waals surface area contributed by atoms with Crippen LogP contribution in [0.15, 0.2) is 18.2 Å². The molecule has 0 spiro atoms. The monoisotopic (exact) mass is 269 g/mol. The Morgan fingerprint density at radius 3 is 2.68 bits per heavy atom. The standard InChI is InChI=1S/C15H21F2NO/c1-2-5-15(6-7-15)10-18-9-14(19)12-4-3-11(16)8-13(12)17/h3-4,8,14,18-19H,2,5-7,9-10H2,1H3. The van der Waals surface area contributed by atoms with Crippen molar-refractivity contribution in [3.8, 4) is 0 Å². The molecule has 106 valence electrons. The number of aliphatic hydroxyl groups excluding tert-OH is 1. The van der Waals surface area contributed by atoms with Crippen molar-refractivity contribution < 1.29 is 13.9 Å². The van der Waals surface area contributed by atoms with E-state index in [1.807, 2.05) is 0 Å². The van der Waals surface area contributed by atoms with E-state index < -0.39 is 17.7 Å². The van der Waals surface area contributed by atoms with Gasteiger partial charge in [0.15, 0.2) is 0 Å². The van der Waals surface area contributed by atoms with Crippen LogP contribution in [0.4, 0.5) is 8.78 Å². The third-order valence-corrected chi connectivity index (χ3v) is 3.90. The highest BCUT2D eigenvalue weighted by molar-refractivity contribution is 5.21. The van der Waals surface area contributed by atoms with Crippen molar-refractivity contribution >= 4 is 0 Å². The molecule has 2 N–H and O–H groups in total. The van der Waals surface area contributed by atoms with Gasteiger partial charge in [0.05, 0.1) is 6.10 Å². The highest BCUT2D eigenvalue weighted by Gasteiger charge is 2.40. The Kier molecular flexibility index (Phi) is 4.53. The molecule has 0 amide bonds. The number of hydrogen-bond donors (Lipinski definition) is 2. The van der Waals surface area contributed by atoms with Crippen LogP contribution in [0, 0.1) is 17.0 Å². The molecule has 0 radical (unpaired) electrons. The minimum Gasteiger partial charge on any atom is -0.387 e. The van der Waals surface area contributed by atoms with Gasteiger partial charge >= 0.3 is 0 Å². The van der Waals surface area contributed by atoms with Gasteiger partial charge < -0.3 is 10.4 Å². The first-order valence-corrected chi connectivity index (χ1v) is 6.90. The minimum atomic E-state index is -0.932.